The maximum Gasteiger partial charge on any atom is 0.0806 e. The predicted octanol–water partition coefficient (Wildman–Crippen LogP) is 0.289. The molecule has 0 saturated carbocycles. The van der Waals surface area contributed by atoms with E-state index in [1.165, 1.54) is 0 Å². The van der Waals surface area contributed by atoms with Gasteiger partial charge in [-0.1, -0.05) is 12.2 Å². The Morgan fingerprint density at radius 3 is 2.78 bits per heavy atom. The fourth-order valence-electron chi connectivity index (χ4n) is 1.59. The third-order valence-corrected chi connectivity index (χ3v) is 2.15. The summed E-state index contributed by atoms with van der Waals surface area (Å²) in [6.07, 6.45) is 6.14. The van der Waals surface area contributed by atoms with Crippen LogP contribution in [0.4, 0.5) is 0 Å². The SMILES string of the molecule is NC[C@@H]1C[C@@H]2C=C[C@@H]1O2. The minimum absolute atomic E-state index is 0.347. The Morgan fingerprint density at radius 1 is 1.56 bits per heavy atom. The molecule has 0 unspecified atom stereocenters. The number of fused-ring (bicyclic) bond motifs is 2. The second kappa shape index (κ2) is 1.82. The van der Waals surface area contributed by atoms with E-state index in [9.17, 15) is 0 Å². The minimum Gasteiger partial charge on any atom is -0.367 e. The lowest BCUT2D eigenvalue weighted by Crippen LogP contribution is -2.22. The third kappa shape index (κ3) is 0.705. The van der Waals surface area contributed by atoms with E-state index < -0.39 is 0 Å². The lowest BCUT2D eigenvalue weighted by molar-refractivity contribution is 0.110. The van der Waals surface area contributed by atoms with Crippen LogP contribution >= 0.6 is 0 Å². The Bertz CT molecular complexity index is 144. The smallest absolute Gasteiger partial charge is 0.0806 e. The maximum absolute atomic E-state index is 5.51. The molecule has 2 bridgehead atoms. The average molecular weight is 125 g/mol. The van der Waals surface area contributed by atoms with Gasteiger partial charge in [-0.05, 0) is 13.0 Å². The molecule has 0 aliphatic carbocycles. The molecule has 2 aliphatic heterocycles. The lowest BCUT2D eigenvalue weighted by Gasteiger charge is -2.10. The van der Waals surface area contributed by atoms with E-state index in [2.05, 4.69) is 12.2 Å². The van der Waals surface area contributed by atoms with Crippen molar-refractivity contribution in [1.82, 2.24) is 0 Å². The van der Waals surface area contributed by atoms with Crippen LogP contribution in [0, 0.1) is 5.92 Å². The number of hydrogen-bond acceptors (Lipinski definition) is 2. The highest BCUT2D eigenvalue weighted by atomic mass is 16.5. The van der Waals surface area contributed by atoms with Gasteiger partial charge in [0.25, 0.3) is 0 Å². The number of ether oxygens (including phenoxy) is 1. The molecular weight excluding hydrogens is 114 g/mol. The molecule has 1 saturated heterocycles. The van der Waals surface area contributed by atoms with Crippen LogP contribution in [0.15, 0.2) is 12.2 Å². The van der Waals surface area contributed by atoms with Crippen molar-refractivity contribution in [2.24, 2.45) is 11.7 Å². The topological polar surface area (TPSA) is 35.2 Å². The van der Waals surface area contributed by atoms with E-state index >= 15 is 0 Å². The van der Waals surface area contributed by atoms with Crippen LogP contribution in [0.5, 0.6) is 0 Å². The van der Waals surface area contributed by atoms with E-state index in [1.54, 1.807) is 0 Å². The molecule has 1 fully saturated rings. The number of rotatable bonds is 1. The first-order valence-corrected chi connectivity index (χ1v) is 3.44. The summed E-state index contributed by atoms with van der Waals surface area (Å²) in [6.45, 7) is 0.769. The van der Waals surface area contributed by atoms with Crippen molar-refractivity contribution in [3.8, 4) is 0 Å². The van der Waals surface area contributed by atoms with Crippen molar-refractivity contribution < 1.29 is 4.74 Å². The van der Waals surface area contributed by atoms with Gasteiger partial charge in [-0.2, -0.15) is 0 Å². The molecule has 0 aromatic carbocycles. The minimum atomic E-state index is 0.347. The van der Waals surface area contributed by atoms with Crippen LogP contribution in [0.2, 0.25) is 0 Å². The fourth-order valence-corrected chi connectivity index (χ4v) is 1.59. The summed E-state index contributed by atoms with van der Waals surface area (Å²) in [5, 5.41) is 0. The van der Waals surface area contributed by atoms with E-state index in [0.29, 0.717) is 18.1 Å². The van der Waals surface area contributed by atoms with Gasteiger partial charge in [0.1, 0.15) is 0 Å². The average Bonchev–Trinajstić information content (AvgIpc) is 2.45. The fraction of sp³-hybridized carbons (Fsp3) is 0.714. The van der Waals surface area contributed by atoms with Crippen molar-refractivity contribution in [3.63, 3.8) is 0 Å². The van der Waals surface area contributed by atoms with Gasteiger partial charge in [-0.15, -0.1) is 0 Å². The molecule has 2 heteroatoms. The molecule has 0 spiro atoms. The molecule has 9 heavy (non-hydrogen) atoms. The summed E-state index contributed by atoms with van der Waals surface area (Å²) in [5.41, 5.74) is 5.51. The molecule has 0 aromatic heterocycles. The summed E-state index contributed by atoms with van der Waals surface area (Å²) in [6, 6.07) is 0. The van der Waals surface area contributed by atoms with Crippen LogP contribution in [0.25, 0.3) is 0 Å². The quantitative estimate of drug-likeness (QED) is 0.511. The molecule has 0 amide bonds. The molecule has 0 radical (unpaired) electrons. The molecule has 2 heterocycles. The monoisotopic (exact) mass is 125 g/mol. The maximum atomic E-state index is 5.51. The van der Waals surface area contributed by atoms with Gasteiger partial charge in [0.2, 0.25) is 0 Å². The zero-order valence-corrected chi connectivity index (χ0v) is 5.29. The molecule has 2 nitrogen and oxygen atoms in total. The third-order valence-electron chi connectivity index (χ3n) is 2.15. The lowest BCUT2D eigenvalue weighted by atomic mass is 9.95. The Hall–Kier alpha value is -0.340. The summed E-state index contributed by atoms with van der Waals surface area (Å²) >= 11 is 0. The van der Waals surface area contributed by atoms with Gasteiger partial charge < -0.3 is 10.5 Å². The Labute approximate surface area is 54.7 Å². The molecule has 3 atom stereocenters. The van der Waals surface area contributed by atoms with Crippen LogP contribution in [-0.4, -0.2) is 18.8 Å². The van der Waals surface area contributed by atoms with Crippen molar-refractivity contribution in [2.75, 3.05) is 6.54 Å². The van der Waals surface area contributed by atoms with E-state index in [1.807, 2.05) is 0 Å². The Morgan fingerprint density at radius 2 is 2.44 bits per heavy atom. The zero-order valence-electron chi connectivity index (χ0n) is 5.29. The van der Waals surface area contributed by atoms with Crippen molar-refractivity contribution >= 4 is 0 Å². The molecule has 50 valence electrons. The van der Waals surface area contributed by atoms with Gasteiger partial charge >= 0.3 is 0 Å². The van der Waals surface area contributed by atoms with Crippen LogP contribution in [-0.2, 0) is 4.74 Å². The highest BCUT2D eigenvalue weighted by Gasteiger charge is 2.35. The molecule has 0 aromatic rings. The first kappa shape index (κ1) is 5.45. The number of nitrogens with two attached hydrogens (primary N) is 1. The predicted molar refractivity (Wildman–Crippen MR) is 35.0 cm³/mol. The highest BCUT2D eigenvalue weighted by Crippen LogP contribution is 2.32. The zero-order chi connectivity index (χ0) is 6.27. The van der Waals surface area contributed by atoms with Gasteiger partial charge in [0.15, 0.2) is 0 Å². The normalized spacial score (nSPS) is 46.6. The van der Waals surface area contributed by atoms with Gasteiger partial charge in [0.05, 0.1) is 12.2 Å². The second-order valence-electron chi connectivity index (χ2n) is 2.76. The van der Waals surface area contributed by atoms with E-state index in [-0.39, 0.29) is 0 Å². The van der Waals surface area contributed by atoms with Crippen LogP contribution in [0.3, 0.4) is 0 Å². The van der Waals surface area contributed by atoms with E-state index in [0.717, 1.165) is 13.0 Å². The summed E-state index contributed by atoms with van der Waals surface area (Å²) < 4.78 is 5.48. The van der Waals surface area contributed by atoms with Gasteiger partial charge in [0, 0.05) is 5.92 Å². The van der Waals surface area contributed by atoms with Gasteiger partial charge in [-0.25, -0.2) is 0 Å². The largest absolute Gasteiger partial charge is 0.367 e. The molecule has 2 N–H and O–H groups in total. The van der Waals surface area contributed by atoms with Crippen molar-refractivity contribution in [2.45, 2.75) is 18.6 Å². The van der Waals surface area contributed by atoms with Crippen LogP contribution < -0.4 is 5.73 Å². The first-order valence-electron chi connectivity index (χ1n) is 3.44. The molecular formula is C7H11NO. The Balaban J connectivity index is 2.10. The van der Waals surface area contributed by atoms with Crippen molar-refractivity contribution in [1.29, 1.82) is 0 Å². The molecule has 2 rings (SSSR count). The summed E-state index contributed by atoms with van der Waals surface area (Å²) in [4.78, 5) is 0. The summed E-state index contributed by atoms with van der Waals surface area (Å²) in [5.74, 6) is 0.597. The second-order valence-corrected chi connectivity index (χ2v) is 2.76. The summed E-state index contributed by atoms with van der Waals surface area (Å²) in [7, 11) is 0. The van der Waals surface area contributed by atoms with E-state index in [4.69, 9.17) is 10.5 Å². The van der Waals surface area contributed by atoms with Gasteiger partial charge in [-0.3, -0.25) is 0 Å². The highest BCUT2D eigenvalue weighted by molar-refractivity contribution is 5.10. The van der Waals surface area contributed by atoms with Crippen molar-refractivity contribution in [3.05, 3.63) is 12.2 Å². The Kier molecular flexibility index (Phi) is 1.10. The number of hydrogen-bond donors (Lipinski definition) is 1. The standard InChI is InChI=1S/C7H11NO/c8-4-5-3-6-1-2-7(5)9-6/h1-2,5-7H,3-4,8H2/t5-,6-,7-/m0/s1. The molecule has 2 aliphatic rings. The van der Waals surface area contributed by atoms with Crippen LogP contribution in [0.1, 0.15) is 6.42 Å². The first-order chi connectivity index (χ1) is 4.40.